The minimum Gasteiger partial charge on any atom is -0.496 e. The van der Waals surface area contributed by atoms with Gasteiger partial charge in [-0.2, -0.15) is 5.10 Å². The maximum atomic E-state index is 13.5. The van der Waals surface area contributed by atoms with Crippen LogP contribution in [0.25, 0.3) is 11.3 Å². The molecule has 0 saturated carbocycles. The number of hydrogen-bond acceptors (Lipinski definition) is 4. The highest BCUT2D eigenvalue weighted by atomic mass is 16.5. The second kappa shape index (κ2) is 7.12. The summed E-state index contributed by atoms with van der Waals surface area (Å²) < 4.78 is 5.72. The van der Waals surface area contributed by atoms with E-state index in [9.17, 15) is 4.79 Å². The van der Waals surface area contributed by atoms with Crippen molar-refractivity contribution in [3.63, 3.8) is 0 Å². The van der Waals surface area contributed by atoms with Crippen molar-refractivity contribution in [1.82, 2.24) is 10.2 Å². The van der Waals surface area contributed by atoms with Gasteiger partial charge < -0.3 is 10.1 Å². The number of aromatic nitrogens is 2. The van der Waals surface area contributed by atoms with Crippen LogP contribution >= 0.6 is 0 Å². The maximum absolute atomic E-state index is 13.5. The average Bonchev–Trinajstić information content (AvgIpc) is 3.15. The Balaban J connectivity index is 1.76. The first kappa shape index (κ1) is 19.6. The SMILES string of the molecule is COc1ccccc1[C@@H]1C2=C(CC(C)(C)CC2=O)Nc2n[nH]c(-c3ccc(C)cc3)c21. The number of benzene rings is 2. The van der Waals surface area contributed by atoms with Crippen molar-refractivity contribution in [1.29, 1.82) is 0 Å². The molecule has 3 aromatic rings. The molecule has 2 N–H and O–H groups in total. The zero-order valence-electron chi connectivity index (χ0n) is 18.4. The van der Waals surface area contributed by atoms with Crippen LogP contribution in [0.5, 0.6) is 5.75 Å². The Labute approximate surface area is 182 Å². The van der Waals surface area contributed by atoms with E-state index in [1.807, 2.05) is 18.2 Å². The van der Waals surface area contributed by atoms with Crippen LogP contribution in [-0.4, -0.2) is 23.1 Å². The monoisotopic (exact) mass is 413 g/mol. The third-order valence-electron chi connectivity index (χ3n) is 6.36. The van der Waals surface area contributed by atoms with Crippen LogP contribution in [0.1, 0.15) is 49.3 Å². The topological polar surface area (TPSA) is 67.0 Å². The normalized spacial score (nSPS) is 19.5. The molecule has 0 unspecified atom stereocenters. The fraction of sp³-hybridized carbons (Fsp3) is 0.308. The van der Waals surface area contributed by atoms with Crippen LogP contribution in [-0.2, 0) is 4.79 Å². The zero-order valence-corrected chi connectivity index (χ0v) is 18.4. The third kappa shape index (κ3) is 3.25. The van der Waals surface area contributed by atoms with Gasteiger partial charge in [-0.3, -0.25) is 9.89 Å². The number of ketones is 1. The number of fused-ring (bicyclic) bond motifs is 1. The summed E-state index contributed by atoms with van der Waals surface area (Å²) >= 11 is 0. The van der Waals surface area contributed by atoms with Crippen molar-refractivity contribution in [2.24, 2.45) is 5.41 Å². The van der Waals surface area contributed by atoms with Gasteiger partial charge in [0.25, 0.3) is 0 Å². The lowest BCUT2D eigenvalue weighted by atomic mass is 9.68. The van der Waals surface area contributed by atoms with E-state index in [1.54, 1.807) is 7.11 Å². The fourth-order valence-corrected chi connectivity index (χ4v) is 4.95. The number of nitrogens with zero attached hydrogens (tertiary/aromatic N) is 1. The lowest BCUT2D eigenvalue weighted by Crippen LogP contribution is -2.33. The third-order valence-corrected chi connectivity index (χ3v) is 6.36. The van der Waals surface area contributed by atoms with E-state index in [2.05, 4.69) is 66.6 Å². The molecule has 0 bridgehead atoms. The van der Waals surface area contributed by atoms with Crippen LogP contribution in [0, 0.1) is 12.3 Å². The number of Topliss-reactive ketones (excluding diaryl/α,β-unsaturated/α-hetero) is 1. The molecule has 0 saturated heterocycles. The molecule has 2 heterocycles. The molecular weight excluding hydrogens is 386 g/mol. The molecule has 0 spiro atoms. The first-order valence-electron chi connectivity index (χ1n) is 10.7. The Morgan fingerprint density at radius 3 is 2.55 bits per heavy atom. The highest BCUT2D eigenvalue weighted by molar-refractivity contribution is 6.02. The second-order valence-electron chi connectivity index (χ2n) is 9.36. The van der Waals surface area contributed by atoms with Gasteiger partial charge in [0.1, 0.15) is 5.75 Å². The average molecular weight is 414 g/mol. The first-order chi connectivity index (χ1) is 14.9. The molecule has 2 aliphatic rings. The van der Waals surface area contributed by atoms with E-state index >= 15 is 0 Å². The summed E-state index contributed by atoms with van der Waals surface area (Å²) in [5, 5.41) is 11.4. The van der Waals surface area contributed by atoms with Gasteiger partial charge in [-0.15, -0.1) is 0 Å². The van der Waals surface area contributed by atoms with Crippen LogP contribution < -0.4 is 10.1 Å². The number of nitrogens with one attached hydrogen (secondary N) is 2. The Hall–Kier alpha value is -3.34. The summed E-state index contributed by atoms with van der Waals surface area (Å²) in [5.74, 6) is 1.52. The number of allylic oxidation sites excluding steroid dienone is 2. The Bertz CT molecular complexity index is 1200. The van der Waals surface area contributed by atoms with E-state index in [4.69, 9.17) is 4.74 Å². The van der Waals surface area contributed by atoms with Crippen LogP contribution in [0.15, 0.2) is 59.8 Å². The highest BCUT2D eigenvalue weighted by Gasteiger charge is 2.43. The number of aromatic amines is 1. The molecule has 1 aliphatic carbocycles. The minimum atomic E-state index is -0.235. The number of H-pyrrole nitrogens is 1. The summed E-state index contributed by atoms with van der Waals surface area (Å²) in [6.45, 7) is 6.36. The van der Waals surface area contributed by atoms with Gasteiger partial charge in [0.15, 0.2) is 11.6 Å². The molecule has 5 rings (SSSR count). The number of aryl methyl sites for hydroxylation is 1. The predicted octanol–water partition coefficient (Wildman–Crippen LogP) is 5.59. The summed E-state index contributed by atoms with van der Waals surface area (Å²) in [5.41, 5.74) is 6.91. The number of ether oxygens (including phenoxy) is 1. The number of para-hydroxylation sites is 1. The van der Waals surface area contributed by atoms with Crippen molar-refractivity contribution >= 4 is 11.6 Å². The highest BCUT2D eigenvalue weighted by Crippen LogP contribution is 2.52. The maximum Gasteiger partial charge on any atom is 0.162 e. The summed E-state index contributed by atoms with van der Waals surface area (Å²) in [6, 6.07) is 16.4. The molecule has 31 heavy (non-hydrogen) atoms. The molecule has 1 aliphatic heterocycles. The predicted molar refractivity (Wildman–Crippen MR) is 122 cm³/mol. The molecule has 2 aromatic carbocycles. The van der Waals surface area contributed by atoms with Crippen molar-refractivity contribution in [3.05, 3.63) is 76.5 Å². The molecule has 158 valence electrons. The number of rotatable bonds is 3. The number of carbonyl (C=O) groups excluding carboxylic acids is 1. The van der Waals surface area contributed by atoms with Gasteiger partial charge in [0.2, 0.25) is 0 Å². The van der Waals surface area contributed by atoms with Crippen molar-refractivity contribution in [2.75, 3.05) is 12.4 Å². The summed E-state index contributed by atoms with van der Waals surface area (Å²) in [4.78, 5) is 13.5. The molecule has 1 atom stereocenters. The lowest BCUT2D eigenvalue weighted by Gasteiger charge is -2.38. The lowest BCUT2D eigenvalue weighted by molar-refractivity contribution is -0.118. The van der Waals surface area contributed by atoms with Crippen molar-refractivity contribution < 1.29 is 9.53 Å². The van der Waals surface area contributed by atoms with Crippen LogP contribution in [0.4, 0.5) is 5.82 Å². The van der Waals surface area contributed by atoms with Gasteiger partial charge in [-0.1, -0.05) is 61.9 Å². The Morgan fingerprint density at radius 1 is 1.06 bits per heavy atom. The van der Waals surface area contributed by atoms with E-state index in [0.29, 0.717) is 6.42 Å². The largest absolute Gasteiger partial charge is 0.496 e. The van der Waals surface area contributed by atoms with Gasteiger partial charge >= 0.3 is 0 Å². The summed E-state index contributed by atoms with van der Waals surface area (Å²) in [7, 11) is 1.68. The molecular formula is C26H27N3O2. The molecule has 5 nitrogen and oxygen atoms in total. The van der Waals surface area contributed by atoms with Crippen LogP contribution in [0.3, 0.4) is 0 Å². The molecule has 0 fully saturated rings. The Kier molecular flexibility index (Phi) is 4.50. The Morgan fingerprint density at radius 2 is 1.81 bits per heavy atom. The first-order valence-corrected chi connectivity index (χ1v) is 10.7. The standard InChI is InChI=1S/C26H27N3O2/c1-15-9-11-16(12-10-15)24-23-21(17-7-5-6-8-20(17)31-4)22-18(27-25(23)29-28-24)13-26(2,3)14-19(22)30/h5-12,21H,13-14H2,1-4H3,(H2,27,28,29)/t21-/m1/s1. The van der Waals surface area contributed by atoms with Crippen molar-refractivity contribution in [3.8, 4) is 17.0 Å². The smallest absolute Gasteiger partial charge is 0.162 e. The minimum absolute atomic E-state index is 0.0815. The van der Waals surface area contributed by atoms with Crippen LogP contribution in [0.2, 0.25) is 0 Å². The molecule has 0 amide bonds. The number of anilines is 1. The van der Waals surface area contributed by atoms with E-state index in [-0.39, 0.29) is 17.1 Å². The van der Waals surface area contributed by atoms with Gasteiger partial charge in [0, 0.05) is 34.7 Å². The molecule has 0 radical (unpaired) electrons. The number of carbonyl (C=O) groups is 1. The quantitative estimate of drug-likeness (QED) is 0.587. The molecule has 5 heteroatoms. The summed E-state index contributed by atoms with van der Waals surface area (Å²) in [6.07, 6.45) is 1.35. The fourth-order valence-electron chi connectivity index (χ4n) is 4.95. The van der Waals surface area contributed by atoms with Gasteiger partial charge in [0.05, 0.1) is 12.8 Å². The van der Waals surface area contributed by atoms with E-state index in [0.717, 1.165) is 51.6 Å². The van der Waals surface area contributed by atoms with Gasteiger partial charge in [-0.25, -0.2) is 0 Å². The molecule has 1 aromatic heterocycles. The zero-order chi connectivity index (χ0) is 21.8. The van der Waals surface area contributed by atoms with Crippen molar-refractivity contribution in [2.45, 2.75) is 39.5 Å². The number of hydrogen-bond donors (Lipinski definition) is 2. The van der Waals surface area contributed by atoms with Gasteiger partial charge in [-0.05, 0) is 30.4 Å². The second-order valence-corrected chi connectivity index (χ2v) is 9.36. The van der Waals surface area contributed by atoms with E-state index in [1.165, 1.54) is 5.56 Å². The van der Waals surface area contributed by atoms with E-state index < -0.39 is 0 Å². The number of methoxy groups -OCH3 is 1.